The number of nitrogens with one attached hydrogen (secondary N) is 1. The lowest BCUT2D eigenvalue weighted by Gasteiger charge is -2.34. The first-order chi connectivity index (χ1) is 17.5. The maximum absolute atomic E-state index is 13.7. The number of benzene rings is 2. The number of nitrogens with zero attached hydrogens (tertiary/aromatic N) is 3. The number of nitrogens with two attached hydrogens (primary N) is 1. The smallest absolute Gasteiger partial charge is 0.320 e. The molecule has 0 bridgehead atoms. The number of hydrogen-bond donors (Lipinski definition) is 2. The van der Waals surface area contributed by atoms with E-state index in [1.165, 1.54) is 12.0 Å². The van der Waals surface area contributed by atoms with Crippen molar-refractivity contribution in [2.45, 2.75) is 18.9 Å². The highest BCUT2D eigenvalue weighted by Gasteiger charge is 2.34. The standard InChI is InChI=1S/C27H30ClN5O3/c1-36-24-5-3-2-4-23(24)25(33(27(29)35)22-8-6-20(28)7-9-22)26(34)31-18-19-12-16-32(17-13-19)21-10-14-30-15-11-21/h2-11,14-15,19,25H,12-13,16-18H2,1H3,(H2,29,35)(H,31,34). The Kier molecular flexibility index (Phi) is 8.28. The topological polar surface area (TPSA) is 101 Å². The van der Waals surface area contributed by atoms with Crippen LogP contribution in [0.15, 0.2) is 73.1 Å². The molecule has 1 unspecified atom stereocenters. The number of primary amides is 1. The van der Waals surface area contributed by atoms with Gasteiger partial charge in [0.25, 0.3) is 0 Å². The van der Waals surface area contributed by atoms with E-state index in [9.17, 15) is 9.59 Å². The average Bonchev–Trinajstić information content (AvgIpc) is 2.91. The van der Waals surface area contributed by atoms with Gasteiger partial charge in [0.15, 0.2) is 0 Å². The Morgan fingerprint density at radius 1 is 1.11 bits per heavy atom. The van der Waals surface area contributed by atoms with Crippen LogP contribution in [0.25, 0.3) is 0 Å². The number of anilines is 2. The number of hydrogen-bond acceptors (Lipinski definition) is 5. The number of para-hydroxylation sites is 1. The van der Waals surface area contributed by atoms with Crippen LogP contribution < -0.4 is 25.6 Å². The minimum absolute atomic E-state index is 0.322. The second kappa shape index (κ2) is 11.8. The number of halogens is 1. The van der Waals surface area contributed by atoms with Gasteiger partial charge < -0.3 is 20.7 Å². The van der Waals surface area contributed by atoms with Gasteiger partial charge in [-0.1, -0.05) is 29.8 Å². The molecule has 4 rings (SSSR count). The summed E-state index contributed by atoms with van der Waals surface area (Å²) in [6, 6.07) is 16.0. The summed E-state index contributed by atoms with van der Waals surface area (Å²) in [5.74, 6) is 0.483. The monoisotopic (exact) mass is 507 g/mol. The zero-order valence-electron chi connectivity index (χ0n) is 20.1. The summed E-state index contributed by atoms with van der Waals surface area (Å²) >= 11 is 6.05. The molecule has 188 valence electrons. The minimum atomic E-state index is -1.02. The van der Waals surface area contributed by atoms with Crippen molar-refractivity contribution in [2.75, 3.05) is 36.5 Å². The maximum atomic E-state index is 13.7. The van der Waals surface area contributed by atoms with Gasteiger partial charge in [0.1, 0.15) is 11.8 Å². The second-order valence-corrected chi connectivity index (χ2v) is 9.15. The number of amides is 3. The fourth-order valence-corrected chi connectivity index (χ4v) is 4.71. The number of methoxy groups -OCH3 is 1. The first-order valence-electron chi connectivity index (χ1n) is 11.9. The molecule has 1 fully saturated rings. The molecule has 2 aromatic carbocycles. The van der Waals surface area contributed by atoms with Crippen LogP contribution in [0, 0.1) is 5.92 Å². The molecule has 0 radical (unpaired) electrons. The number of ether oxygens (including phenoxy) is 1. The predicted molar refractivity (Wildman–Crippen MR) is 141 cm³/mol. The SMILES string of the molecule is COc1ccccc1C(C(=O)NCC1CCN(c2ccncc2)CC1)N(C(N)=O)c1ccc(Cl)cc1. The van der Waals surface area contributed by atoms with Gasteiger partial charge in [0.2, 0.25) is 5.91 Å². The number of rotatable bonds is 8. The molecule has 3 N–H and O–H groups in total. The molecule has 2 heterocycles. The van der Waals surface area contributed by atoms with Crippen LogP contribution in [0.2, 0.25) is 5.02 Å². The Balaban J connectivity index is 1.52. The van der Waals surface area contributed by atoms with Crippen LogP contribution >= 0.6 is 11.6 Å². The molecule has 8 nitrogen and oxygen atoms in total. The third-order valence-corrected chi connectivity index (χ3v) is 6.74. The lowest BCUT2D eigenvalue weighted by Crippen LogP contribution is -2.48. The highest BCUT2D eigenvalue weighted by Crippen LogP contribution is 2.34. The number of piperidine rings is 1. The Labute approximate surface area is 216 Å². The van der Waals surface area contributed by atoms with Gasteiger partial charge >= 0.3 is 6.03 Å². The molecule has 1 aliphatic rings. The van der Waals surface area contributed by atoms with Gasteiger partial charge in [-0.15, -0.1) is 0 Å². The van der Waals surface area contributed by atoms with E-state index in [0.29, 0.717) is 34.5 Å². The first kappa shape index (κ1) is 25.3. The van der Waals surface area contributed by atoms with Crippen LogP contribution in [0.4, 0.5) is 16.2 Å². The van der Waals surface area contributed by atoms with Crippen LogP contribution in [0.3, 0.4) is 0 Å². The number of carbonyl (C=O) groups excluding carboxylic acids is 2. The molecule has 3 aromatic rings. The largest absolute Gasteiger partial charge is 0.496 e. The summed E-state index contributed by atoms with van der Waals surface area (Å²) in [6.07, 6.45) is 5.48. The van der Waals surface area contributed by atoms with E-state index in [-0.39, 0.29) is 5.91 Å². The summed E-state index contributed by atoms with van der Waals surface area (Å²) in [6.45, 7) is 2.30. The van der Waals surface area contributed by atoms with E-state index in [1.54, 1.807) is 54.9 Å². The van der Waals surface area contributed by atoms with Gasteiger partial charge in [-0.3, -0.25) is 14.7 Å². The highest BCUT2D eigenvalue weighted by molar-refractivity contribution is 6.30. The molecule has 1 aliphatic heterocycles. The summed E-state index contributed by atoms with van der Waals surface area (Å²) in [7, 11) is 1.53. The van der Waals surface area contributed by atoms with E-state index in [0.717, 1.165) is 31.6 Å². The Bertz CT molecular complexity index is 1170. The predicted octanol–water partition coefficient (Wildman–Crippen LogP) is 4.40. The van der Waals surface area contributed by atoms with Crippen molar-refractivity contribution in [3.05, 3.63) is 83.6 Å². The van der Waals surface area contributed by atoms with E-state index in [2.05, 4.69) is 15.2 Å². The Morgan fingerprint density at radius 2 is 1.78 bits per heavy atom. The zero-order chi connectivity index (χ0) is 25.5. The average molecular weight is 508 g/mol. The fourth-order valence-electron chi connectivity index (χ4n) is 4.59. The number of urea groups is 1. The van der Waals surface area contributed by atoms with Crippen LogP contribution in [-0.4, -0.2) is 43.7 Å². The number of pyridine rings is 1. The zero-order valence-corrected chi connectivity index (χ0v) is 20.9. The van der Waals surface area contributed by atoms with Crippen molar-refractivity contribution in [2.24, 2.45) is 11.7 Å². The van der Waals surface area contributed by atoms with Crippen molar-refractivity contribution >= 4 is 34.9 Å². The van der Waals surface area contributed by atoms with Crippen molar-refractivity contribution in [1.82, 2.24) is 10.3 Å². The van der Waals surface area contributed by atoms with E-state index < -0.39 is 12.1 Å². The molecule has 3 amide bonds. The summed E-state index contributed by atoms with van der Waals surface area (Å²) in [4.78, 5) is 34.0. The Hall–Kier alpha value is -3.78. The van der Waals surface area contributed by atoms with Crippen LogP contribution in [0.1, 0.15) is 24.4 Å². The van der Waals surface area contributed by atoms with Crippen molar-refractivity contribution < 1.29 is 14.3 Å². The van der Waals surface area contributed by atoms with Crippen LogP contribution in [-0.2, 0) is 4.79 Å². The van der Waals surface area contributed by atoms with Gasteiger partial charge in [0.05, 0.1) is 7.11 Å². The summed E-state index contributed by atoms with van der Waals surface area (Å²) in [5, 5.41) is 3.59. The molecular formula is C27H30ClN5O3. The molecule has 1 saturated heterocycles. The quantitative estimate of drug-likeness (QED) is 0.470. The molecule has 1 aromatic heterocycles. The second-order valence-electron chi connectivity index (χ2n) is 8.71. The normalized spacial score (nSPS) is 14.7. The molecule has 0 aliphatic carbocycles. The maximum Gasteiger partial charge on any atom is 0.320 e. The number of carbonyl (C=O) groups is 2. The minimum Gasteiger partial charge on any atom is -0.496 e. The Morgan fingerprint density at radius 3 is 2.42 bits per heavy atom. The third-order valence-electron chi connectivity index (χ3n) is 6.49. The summed E-state index contributed by atoms with van der Waals surface area (Å²) in [5.41, 5.74) is 7.97. The fraction of sp³-hybridized carbons (Fsp3) is 0.296. The first-order valence-corrected chi connectivity index (χ1v) is 12.3. The molecule has 9 heteroatoms. The highest BCUT2D eigenvalue weighted by atomic mass is 35.5. The summed E-state index contributed by atoms with van der Waals surface area (Å²) < 4.78 is 5.52. The van der Waals surface area contributed by atoms with E-state index in [4.69, 9.17) is 22.1 Å². The van der Waals surface area contributed by atoms with E-state index in [1.807, 2.05) is 18.2 Å². The van der Waals surface area contributed by atoms with Crippen LogP contribution in [0.5, 0.6) is 5.75 Å². The lowest BCUT2D eigenvalue weighted by atomic mass is 9.95. The van der Waals surface area contributed by atoms with Gasteiger partial charge in [-0.05, 0) is 61.2 Å². The third kappa shape index (κ3) is 5.88. The molecule has 1 atom stereocenters. The van der Waals surface area contributed by atoms with E-state index >= 15 is 0 Å². The van der Waals surface area contributed by atoms with Crippen molar-refractivity contribution in [3.63, 3.8) is 0 Å². The lowest BCUT2D eigenvalue weighted by molar-refractivity contribution is -0.122. The molecule has 0 spiro atoms. The van der Waals surface area contributed by atoms with Gasteiger partial charge in [0, 0.05) is 54.0 Å². The molecular weight excluding hydrogens is 478 g/mol. The van der Waals surface area contributed by atoms with Crippen molar-refractivity contribution in [3.8, 4) is 5.75 Å². The molecule has 36 heavy (non-hydrogen) atoms. The molecule has 0 saturated carbocycles. The number of aromatic nitrogens is 1. The van der Waals surface area contributed by atoms with Gasteiger partial charge in [-0.2, -0.15) is 0 Å². The van der Waals surface area contributed by atoms with Gasteiger partial charge in [-0.25, -0.2) is 4.79 Å². The van der Waals surface area contributed by atoms with Crippen molar-refractivity contribution in [1.29, 1.82) is 0 Å².